The molecule has 27 heavy (non-hydrogen) atoms. The molecule has 0 heterocycles. The van der Waals surface area contributed by atoms with Crippen molar-refractivity contribution in [1.29, 1.82) is 0 Å². The van der Waals surface area contributed by atoms with E-state index in [0.717, 1.165) is 0 Å². The van der Waals surface area contributed by atoms with Gasteiger partial charge < -0.3 is 0 Å². The van der Waals surface area contributed by atoms with Gasteiger partial charge in [0, 0.05) is 0 Å². The third kappa shape index (κ3) is 3.94. The molecule has 0 amide bonds. The van der Waals surface area contributed by atoms with Crippen molar-refractivity contribution in [2.75, 3.05) is 0 Å². The van der Waals surface area contributed by atoms with Crippen LogP contribution in [0.5, 0.6) is 0 Å². The quantitative estimate of drug-likeness (QED) is 0.433. The van der Waals surface area contributed by atoms with Crippen molar-refractivity contribution < 1.29 is 0 Å². The van der Waals surface area contributed by atoms with Gasteiger partial charge in [-0.15, -0.1) is 0 Å². The fourth-order valence-corrected chi connectivity index (χ4v) is 4.83. The Morgan fingerprint density at radius 2 is 0.926 bits per heavy atom. The Kier molecular flexibility index (Phi) is 5.04. The van der Waals surface area contributed by atoms with E-state index in [-0.39, 0.29) is 0 Å². The maximum Gasteiger partial charge on any atom is 0.123 e. The van der Waals surface area contributed by atoms with Crippen LogP contribution in [0.1, 0.15) is 11.1 Å². The van der Waals surface area contributed by atoms with E-state index in [0.29, 0.717) is 9.52 Å². The third-order valence-corrected chi connectivity index (χ3v) is 6.19. The van der Waals surface area contributed by atoms with E-state index >= 15 is 0 Å². The van der Waals surface area contributed by atoms with Crippen molar-refractivity contribution >= 4 is 19.9 Å². The van der Waals surface area contributed by atoms with E-state index < -0.39 is 0 Å². The number of hydrogen-bond donors (Lipinski definition) is 0. The SMILES string of the molecule is Cc1cccc(-c2ccccc2[Si]c2ccccc2-c2cccc(C)c2)c1. The van der Waals surface area contributed by atoms with Crippen molar-refractivity contribution in [3.8, 4) is 22.3 Å². The van der Waals surface area contributed by atoms with E-state index in [2.05, 4.69) is 111 Å². The highest BCUT2D eigenvalue weighted by Gasteiger charge is 2.11. The second kappa shape index (κ2) is 7.77. The van der Waals surface area contributed by atoms with Crippen molar-refractivity contribution in [3.05, 3.63) is 108 Å². The van der Waals surface area contributed by atoms with Gasteiger partial charge in [-0.05, 0) is 36.1 Å². The van der Waals surface area contributed by atoms with Gasteiger partial charge in [0.2, 0.25) is 0 Å². The van der Waals surface area contributed by atoms with Crippen LogP contribution in [0.15, 0.2) is 97.1 Å². The van der Waals surface area contributed by atoms with Gasteiger partial charge in [-0.3, -0.25) is 0 Å². The van der Waals surface area contributed by atoms with Gasteiger partial charge in [0.25, 0.3) is 0 Å². The monoisotopic (exact) mass is 362 g/mol. The molecule has 0 saturated carbocycles. The van der Waals surface area contributed by atoms with Crippen LogP contribution < -0.4 is 10.4 Å². The van der Waals surface area contributed by atoms with Gasteiger partial charge >= 0.3 is 0 Å². The highest BCUT2D eigenvalue weighted by atomic mass is 28.2. The second-order valence-electron chi connectivity index (χ2n) is 6.96. The number of hydrogen-bond acceptors (Lipinski definition) is 0. The van der Waals surface area contributed by atoms with Crippen molar-refractivity contribution in [3.63, 3.8) is 0 Å². The predicted molar refractivity (Wildman–Crippen MR) is 118 cm³/mol. The maximum absolute atomic E-state index is 2.27. The molecule has 4 rings (SSSR count). The summed E-state index contributed by atoms with van der Waals surface area (Å²) in [6, 6.07) is 35.2. The van der Waals surface area contributed by atoms with Crippen molar-refractivity contribution in [1.82, 2.24) is 0 Å². The summed E-state index contributed by atoms with van der Waals surface area (Å²) in [5.74, 6) is 0. The molecule has 4 aromatic rings. The van der Waals surface area contributed by atoms with Gasteiger partial charge in [0.1, 0.15) is 9.52 Å². The van der Waals surface area contributed by atoms with E-state index in [1.54, 1.807) is 0 Å². The Morgan fingerprint density at radius 1 is 0.481 bits per heavy atom. The average Bonchev–Trinajstić information content (AvgIpc) is 2.69. The van der Waals surface area contributed by atoms with Crippen LogP contribution in [0, 0.1) is 13.8 Å². The van der Waals surface area contributed by atoms with Gasteiger partial charge in [-0.25, -0.2) is 0 Å². The van der Waals surface area contributed by atoms with Crippen LogP contribution in [0.4, 0.5) is 0 Å². The summed E-state index contributed by atoms with van der Waals surface area (Å²) in [6.07, 6.45) is 0. The molecule has 0 nitrogen and oxygen atoms in total. The average molecular weight is 363 g/mol. The summed E-state index contributed by atoms with van der Waals surface area (Å²) in [4.78, 5) is 0. The Bertz CT molecular complexity index is 992. The number of aryl methyl sites for hydroxylation is 2. The fourth-order valence-electron chi connectivity index (χ4n) is 3.46. The Balaban J connectivity index is 1.77. The van der Waals surface area contributed by atoms with Crippen LogP contribution in [0.3, 0.4) is 0 Å². The van der Waals surface area contributed by atoms with Crippen molar-refractivity contribution in [2.24, 2.45) is 0 Å². The Morgan fingerprint density at radius 3 is 1.37 bits per heavy atom. The summed E-state index contributed by atoms with van der Waals surface area (Å²) < 4.78 is 0. The van der Waals surface area contributed by atoms with Crippen LogP contribution in [-0.4, -0.2) is 9.52 Å². The summed E-state index contributed by atoms with van der Waals surface area (Å²) in [5.41, 5.74) is 7.85. The molecule has 0 aliphatic carbocycles. The Hall–Kier alpha value is -2.90. The molecule has 0 aliphatic heterocycles. The first-order chi connectivity index (χ1) is 13.2. The molecule has 0 saturated heterocycles. The summed E-state index contributed by atoms with van der Waals surface area (Å²) in [7, 11) is 0.619. The first-order valence-electron chi connectivity index (χ1n) is 9.30. The van der Waals surface area contributed by atoms with Crippen molar-refractivity contribution in [2.45, 2.75) is 13.8 Å². The van der Waals surface area contributed by atoms with Crippen LogP contribution in [0.2, 0.25) is 0 Å². The fraction of sp³-hybridized carbons (Fsp3) is 0.0769. The molecule has 2 radical (unpaired) electrons. The van der Waals surface area contributed by atoms with Gasteiger partial charge in [-0.2, -0.15) is 0 Å². The molecule has 0 bridgehead atoms. The summed E-state index contributed by atoms with van der Waals surface area (Å²) >= 11 is 0. The zero-order chi connectivity index (χ0) is 18.6. The molecule has 0 aliphatic rings. The molecule has 1 heteroatoms. The zero-order valence-corrected chi connectivity index (χ0v) is 16.7. The van der Waals surface area contributed by atoms with E-state index in [9.17, 15) is 0 Å². The first-order valence-corrected chi connectivity index (χ1v) is 10.3. The molecule has 0 N–H and O–H groups in total. The highest BCUT2D eigenvalue weighted by Crippen LogP contribution is 2.20. The van der Waals surface area contributed by atoms with E-state index in [1.807, 2.05) is 0 Å². The molecule has 0 unspecified atom stereocenters. The summed E-state index contributed by atoms with van der Waals surface area (Å²) in [6.45, 7) is 4.31. The minimum atomic E-state index is 0.619. The predicted octanol–water partition coefficient (Wildman–Crippen LogP) is 5.29. The Labute approximate surface area is 164 Å². The molecule has 130 valence electrons. The van der Waals surface area contributed by atoms with Crippen LogP contribution in [0.25, 0.3) is 22.3 Å². The lowest BCUT2D eigenvalue weighted by Gasteiger charge is -2.13. The number of rotatable bonds is 4. The molecular weight excluding hydrogens is 340 g/mol. The lowest BCUT2D eigenvalue weighted by Crippen LogP contribution is -2.30. The van der Waals surface area contributed by atoms with E-state index in [4.69, 9.17) is 0 Å². The zero-order valence-electron chi connectivity index (χ0n) is 15.7. The maximum atomic E-state index is 2.27. The minimum absolute atomic E-state index is 0.619. The first kappa shape index (κ1) is 17.5. The van der Waals surface area contributed by atoms with Gasteiger partial charge in [-0.1, -0.05) is 119 Å². The normalized spacial score (nSPS) is 10.7. The molecule has 4 aromatic carbocycles. The largest absolute Gasteiger partial charge is 0.123 e. The molecule has 0 spiro atoms. The highest BCUT2D eigenvalue weighted by molar-refractivity contribution is 6.70. The standard InChI is InChI=1S/C26H22Si/c1-19-9-7-11-21(17-19)23-13-3-5-15-25(23)27-26-16-6-4-14-24(26)22-12-8-10-20(2)18-22/h3-18H,1-2H3. The third-order valence-electron chi connectivity index (χ3n) is 4.78. The minimum Gasteiger partial charge on any atom is -0.0625 e. The van der Waals surface area contributed by atoms with Gasteiger partial charge in [0.05, 0.1) is 0 Å². The lowest BCUT2D eigenvalue weighted by atomic mass is 10.0. The molecule has 0 atom stereocenters. The molecule has 0 aromatic heterocycles. The smallest absolute Gasteiger partial charge is 0.0625 e. The van der Waals surface area contributed by atoms with Gasteiger partial charge in [0.15, 0.2) is 0 Å². The molecule has 0 fully saturated rings. The number of benzene rings is 4. The lowest BCUT2D eigenvalue weighted by molar-refractivity contribution is 1.47. The van der Waals surface area contributed by atoms with Crippen LogP contribution >= 0.6 is 0 Å². The topological polar surface area (TPSA) is 0 Å². The van der Waals surface area contributed by atoms with E-state index in [1.165, 1.54) is 43.8 Å². The summed E-state index contributed by atoms with van der Waals surface area (Å²) in [5, 5.41) is 2.78. The second-order valence-corrected chi connectivity index (χ2v) is 8.28. The van der Waals surface area contributed by atoms with Crippen LogP contribution in [-0.2, 0) is 0 Å². The molecular formula is C26H22Si.